The van der Waals surface area contributed by atoms with Gasteiger partial charge in [0, 0.05) is 10.9 Å². The minimum atomic E-state index is -3.98. The number of carboxylic acids is 1. The van der Waals surface area contributed by atoms with E-state index < -0.39 is 32.5 Å². The van der Waals surface area contributed by atoms with E-state index in [2.05, 4.69) is 0 Å². The van der Waals surface area contributed by atoms with E-state index in [1.165, 1.54) is 24.3 Å². The molecule has 4 rings (SSSR count). The number of rotatable bonds is 4. The second-order valence-corrected chi connectivity index (χ2v) is 8.75. The van der Waals surface area contributed by atoms with Gasteiger partial charge >= 0.3 is 5.97 Å². The summed E-state index contributed by atoms with van der Waals surface area (Å²) >= 11 is 5.80. The Bertz CT molecular complexity index is 1010. The van der Waals surface area contributed by atoms with Crippen LogP contribution in [0.2, 0.25) is 5.02 Å². The van der Waals surface area contributed by atoms with E-state index in [0.29, 0.717) is 22.1 Å². The van der Waals surface area contributed by atoms with Crippen LogP contribution in [0.5, 0.6) is 11.5 Å². The van der Waals surface area contributed by atoms with Crippen molar-refractivity contribution in [1.82, 2.24) is 0 Å². The number of carboxylic acid groups (broad SMARTS) is 1. The van der Waals surface area contributed by atoms with Crippen LogP contribution < -0.4 is 15.2 Å². The summed E-state index contributed by atoms with van der Waals surface area (Å²) in [5.74, 6) is -1.33. The van der Waals surface area contributed by atoms with Crippen molar-refractivity contribution in [2.45, 2.75) is 21.6 Å². The molecule has 26 heavy (non-hydrogen) atoms. The zero-order valence-electron chi connectivity index (χ0n) is 13.3. The lowest BCUT2D eigenvalue weighted by atomic mass is 10.1. The topological polar surface area (TPSA) is 116 Å². The van der Waals surface area contributed by atoms with Crippen molar-refractivity contribution < 1.29 is 27.8 Å². The van der Waals surface area contributed by atoms with Crippen molar-refractivity contribution in [2.24, 2.45) is 5.73 Å². The van der Waals surface area contributed by atoms with Gasteiger partial charge in [-0.3, -0.25) is 4.79 Å². The second-order valence-electron chi connectivity index (χ2n) is 6.25. The predicted molar refractivity (Wildman–Crippen MR) is 92.3 cm³/mol. The number of fused-ring (bicyclic) bond motifs is 1. The molecule has 0 amide bonds. The molecule has 0 unspecified atom stereocenters. The lowest BCUT2D eigenvalue weighted by Crippen LogP contribution is -2.39. The highest BCUT2D eigenvalue weighted by Gasteiger charge is 2.74. The standard InChI is InChI=1S/C17H14ClNO6S/c18-10-2-4-11(5-3-10)26(22,23)15-14(17(15,19)16(20)21)9-1-6-12-13(7-9)25-8-24-12/h1-7,14-15H,8,19H2,(H,20,21)/t14-,15+,17+/m1/s1. The molecule has 0 radical (unpaired) electrons. The average Bonchev–Trinajstić information content (AvgIpc) is 3.01. The maximum atomic E-state index is 13.0. The van der Waals surface area contributed by atoms with E-state index >= 15 is 0 Å². The van der Waals surface area contributed by atoms with Crippen LogP contribution >= 0.6 is 11.6 Å². The third-order valence-corrected chi connectivity index (χ3v) is 7.29. The number of benzene rings is 2. The summed E-state index contributed by atoms with van der Waals surface area (Å²) < 4.78 is 36.5. The van der Waals surface area contributed by atoms with Gasteiger partial charge in [0.05, 0.1) is 4.90 Å². The highest BCUT2D eigenvalue weighted by Crippen LogP contribution is 2.56. The average molecular weight is 396 g/mol. The third kappa shape index (κ3) is 2.37. The van der Waals surface area contributed by atoms with Crippen LogP contribution in [0.15, 0.2) is 47.4 Å². The first-order chi connectivity index (χ1) is 12.3. The molecule has 2 aromatic carbocycles. The summed E-state index contributed by atoms with van der Waals surface area (Å²) in [7, 11) is -3.98. The zero-order chi connectivity index (χ0) is 18.7. The minimum Gasteiger partial charge on any atom is -0.480 e. The molecular formula is C17H14ClNO6S. The van der Waals surface area contributed by atoms with E-state index in [-0.39, 0.29) is 11.7 Å². The smallest absolute Gasteiger partial charge is 0.325 e. The summed E-state index contributed by atoms with van der Waals surface area (Å²) in [6.07, 6.45) is 0. The quantitative estimate of drug-likeness (QED) is 0.810. The molecule has 0 spiro atoms. The molecule has 2 aromatic rings. The highest BCUT2D eigenvalue weighted by molar-refractivity contribution is 7.92. The molecule has 1 aliphatic carbocycles. The Balaban J connectivity index is 1.77. The second kappa shape index (κ2) is 5.60. The Morgan fingerprint density at radius 2 is 1.81 bits per heavy atom. The third-order valence-electron chi connectivity index (χ3n) is 4.78. The Hall–Kier alpha value is -2.29. The normalized spacial score (nSPS) is 26.5. The summed E-state index contributed by atoms with van der Waals surface area (Å²) in [5, 5.41) is 8.68. The number of ether oxygens (including phenoxy) is 2. The summed E-state index contributed by atoms with van der Waals surface area (Å²) in [6, 6.07) is 10.4. The maximum absolute atomic E-state index is 13.0. The van der Waals surface area contributed by atoms with E-state index in [1.54, 1.807) is 18.2 Å². The number of nitrogens with two attached hydrogens (primary N) is 1. The molecule has 0 bridgehead atoms. The van der Waals surface area contributed by atoms with Crippen LogP contribution in [0.4, 0.5) is 0 Å². The lowest BCUT2D eigenvalue weighted by Gasteiger charge is -2.07. The molecule has 1 fully saturated rings. The Labute approximate surface area is 154 Å². The van der Waals surface area contributed by atoms with Gasteiger partial charge in [-0.2, -0.15) is 0 Å². The largest absolute Gasteiger partial charge is 0.480 e. The van der Waals surface area contributed by atoms with Crippen molar-refractivity contribution in [2.75, 3.05) is 6.79 Å². The van der Waals surface area contributed by atoms with Gasteiger partial charge in [0.2, 0.25) is 6.79 Å². The molecule has 0 saturated heterocycles. The van der Waals surface area contributed by atoms with Gasteiger partial charge in [0.1, 0.15) is 10.8 Å². The molecule has 136 valence electrons. The van der Waals surface area contributed by atoms with Gasteiger partial charge in [0.15, 0.2) is 21.3 Å². The number of carbonyl (C=O) groups is 1. The Kier molecular flexibility index (Phi) is 3.69. The Morgan fingerprint density at radius 1 is 1.15 bits per heavy atom. The number of sulfone groups is 1. The molecule has 3 N–H and O–H groups in total. The first kappa shape index (κ1) is 17.1. The minimum absolute atomic E-state index is 0.0220. The fourth-order valence-corrected chi connectivity index (χ4v) is 5.75. The summed E-state index contributed by atoms with van der Waals surface area (Å²) in [6.45, 7) is 0.0582. The van der Waals surface area contributed by atoms with Gasteiger partial charge < -0.3 is 20.3 Å². The summed E-state index contributed by atoms with van der Waals surface area (Å²) in [4.78, 5) is 11.8. The molecule has 0 aromatic heterocycles. The van der Waals surface area contributed by atoms with Crippen molar-refractivity contribution in [3.8, 4) is 11.5 Å². The van der Waals surface area contributed by atoms with Gasteiger partial charge in [-0.25, -0.2) is 8.42 Å². The zero-order valence-corrected chi connectivity index (χ0v) is 14.8. The van der Waals surface area contributed by atoms with Crippen LogP contribution in [0.25, 0.3) is 0 Å². The van der Waals surface area contributed by atoms with Crippen molar-refractivity contribution in [3.63, 3.8) is 0 Å². The molecule has 1 aliphatic heterocycles. The number of halogens is 1. The van der Waals surface area contributed by atoms with Gasteiger partial charge in [-0.05, 0) is 42.0 Å². The van der Waals surface area contributed by atoms with Crippen LogP contribution in [-0.4, -0.2) is 37.1 Å². The predicted octanol–water partition coefficient (Wildman–Crippen LogP) is 1.79. The molecule has 9 heteroatoms. The molecule has 2 aliphatic rings. The molecule has 3 atom stereocenters. The molecule has 7 nitrogen and oxygen atoms in total. The molecular weight excluding hydrogens is 382 g/mol. The van der Waals surface area contributed by atoms with E-state index in [0.717, 1.165) is 0 Å². The number of hydrogen-bond acceptors (Lipinski definition) is 6. The monoisotopic (exact) mass is 395 g/mol. The van der Waals surface area contributed by atoms with Gasteiger partial charge in [-0.15, -0.1) is 0 Å². The van der Waals surface area contributed by atoms with Crippen LogP contribution in [0, 0.1) is 0 Å². The van der Waals surface area contributed by atoms with E-state index in [4.69, 9.17) is 26.8 Å². The van der Waals surface area contributed by atoms with Crippen molar-refractivity contribution in [3.05, 3.63) is 53.1 Å². The van der Waals surface area contributed by atoms with E-state index in [1.807, 2.05) is 0 Å². The first-order valence-corrected chi connectivity index (χ1v) is 9.60. The SMILES string of the molecule is N[C@@]1(C(=O)O)[C@H](c2ccc3c(c2)OCO3)[C@@H]1S(=O)(=O)c1ccc(Cl)cc1. The van der Waals surface area contributed by atoms with Crippen molar-refractivity contribution in [1.29, 1.82) is 0 Å². The highest BCUT2D eigenvalue weighted by atomic mass is 35.5. The summed E-state index contributed by atoms with van der Waals surface area (Å²) in [5.41, 5.74) is 4.58. The number of hydrogen-bond donors (Lipinski definition) is 2. The maximum Gasteiger partial charge on any atom is 0.325 e. The van der Waals surface area contributed by atoms with Gasteiger partial charge in [0.25, 0.3) is 0 Å². The molecule has 1 heterocycles. The van der Waals surface area contributed by atoms with Crippen LogP contribution in [0.3, 0.4) is 0 Å². The number of aliphatic carboxylic acids is 1. The van der Waals surface area contributed by atoms with Crippen molar-refractivity contribution >= 4 is 27.4 Å². The lowest BCUT2D eigenvalue weighted by molar-refractivity contribution is -0.139. The fourth-order valence-electron chi connectivity index (χ4n) is 3.39. The first-order valence-electron chi connectivity index (χ1n) is 7.67. The van der Waals surface area contributed by atoms with Crippen LogP contribution in [-0.2, 0) is 14.6 Å². The Morgan fingerprint density at radius 3 is 2.46 bits per heavy atom. The van der Waals surface area contributed by atoms with Crippen LogP contribution in [0.1, 0.15) is 11.5 Å². The molecule has 1 saturated carbocycles. The van der Waals surface area contributed by atoms with E-state index in [9.17, 15) is 18.3 Å². The fraction of sp³-hybridized carbons (Fsp3) is 0.235. The van der Waals surface area contributed by atoms with Gasteiger partial charge in [-0.1, -0.05) is 17.7 Å².